The van der Waals surface area contributed by atoms with E-state index < -0.39 is 11.5 Å². The van der Waals surface area contributed by atoms with Crippen molar-refractivity contribution in [1.29, 1.82) is 0 Å². The first-order valence-corrected chi connectivity index (χ1v) is 15.1. The number of amides is 3. The van der Waals surface area contributed by atoms with Gasteiger partial charge in [-0.25, -0.2) is 9.37 Å². The highest BCUT2D eigenvalue weighted by atomic mass is 19.1. The van der Waals surface area contributed by atoms with E-state index in [2.05, 4.69) is 10.3 Å². The van der Waals surface area contributed by atoms with E-state index in [1.807, 2.05) is 39.5 Å². The molecule has 1 fully saturated rings. The number of nitrogens with one attached hydrogen (secondary N) is 1. The lowest BCUT2D eigenvalue weighted by molar-refractivity contribution is -0.141. The van der Waals surface area contributed by atoms with Gasteiger partial charge in [-0.05, 0) is 60.9 Å². The van der Waals surface area contributed by atoms with Gasteiger partial charge in [-0.15, -0.1) is 0 Å². The van der Waals surface area contributed by atoms with Crippen molar-refractivity contribution in [3.63, 3.8) is 0 Å². The summed E-state index contributed by atoms with van der Waals surface area (Å²) in [5.41, 5.74) is 1.31. The van der Waals surface area contributed by atoms with Crippen LogP contribution in [-0.4, -0.2) is 75.7 Å². The van der Waals surface area contributed by atoms with E-state index in [1.165, 1.54) is 12.1 Å². The molecule has 43 heavy (non-hydrogen) atoms. The number of pyridine rings is 1. The molecule has 1 aliphatic rings. The van der Waals surface area contributed by atoms with Gasteiger partial charge >= 0.3 is 0 Å². The fraction of sp³-hybridized carbons (Fsp3) is 0.515. The zero-order valence-electron chi connectivity index (χ0n) is 26.1. The van der Waals surface area contributed by atoms with Gasteiger partial charge in [-0.3, -0.25) is 14.4 Å². The Bertz CT molecular complexity index is 1430. The molecule has 0 bridgehead atoms. The second kappa shape index (κ2) is 13.6. The third kappa shape index (κ3) is 7.72. The number of fused-ring (bicyclic) bond motifs is 1. The summed E-state index contributed by atoms with van der Waals surface area (Å²) in [7, 11) is 1.58. The van der Waals surface area contributed by atoms with Crippen LogP contribution in [0.4, 0.5) is 4.39 Å². The number of rotatable bonds is 11. The first-order chi connectivity index (χ1) is 20.4. The van der Waals surface area contributed by atoms with Crippen molar-refractivity contribution < 1.29 is 23.5 Å². The molecule has 0 spiro atoms. The molecule has 4 rings (SSSR count). The van der Waals surface area contributed by atoms with Crippen molar-refractivity contribution in [3.8, 4) is 5.75 Å². The molecule has 1 saturated heterocycles. The van der Waals surface area contributed by atoms with Crippen molar-refractivity contribution in [2.75, 3.05) is 26.7 Å². The van der Waals surface area contributed by atoms with Crippen LogP contribution < -0.4 is 10.1 Å². The second-order valence-electron chi connectivity index (χ2n) is 12.5. The number of hydrogen-bond acceptors (Lipinski definition) is 5. The molecule has 0 saturated carbocycles. The topological polar surface area (TPSA) is 96.2 Å². The third-order valence-electron chi connectivity index (χ3n) is 8.30. The van der Waals surface area contributed by atoms with E-state index in [0.29, 0.717) is 43.9 Å². The number of likely N-dealkylation sites (tertiary alicyclic amines) is 1. The van der Waals surface area contributed by atoms with Crippen LogP contribution in [0, 0.1) is 17.2 Å². The normalized spacial score (nSPS) is 16.6. The number of aromatic nitrogens is 2. The molecule has 1 aromatic carbocycles. The van der Waals surface area contributed by atoms with E-state index in [9.17, 15) is 18.8 Å². The van der Waals surface area contributed by atoms with Crippen molar-refractivity contribution in [2.24, 2.45) is 11.3 Å². The summed E-state index contributed by atoms with van der Waals surface area (Å²) in [5, 5.41) is 3.02. The highest BCUT2D eigenvalue weighted by molar-refractivity contribution is 5.93. The van der Waals surface area contributed by atoms with Gasteiger partial charge in [0.15, 0.2) is 0 Å². The standard InChI is InChI=1S/C33H44FN5O4/c1-7-22(2)30(40)36-29(33(3,4)5)32(42)39-17-8-9-25(39)19-37(18-16-23-10-12-24(34)13-11-23)31(41)27-21-38-20-26(43-6)14-15-28(38)35-27/h10-15,20-22,25,29H,7-9,16-19H2,1-6H3,(H,36,40)/t22-,25+,29-/m1/s1. The van der Waals surface area contributed by atoms with Gasteiger partial charge in [-0.2, -0.15) is 0 Å². The molecule has 3 aromatic rings. The maximum atomic E-state index is 14.0. The smallest absolute Gasteiger partial charge is 0.274 e. The van der Waals surface area contributed by atoms with Crippen LogP contribution in [0.5, 0.6) is 5.75 Å². The van der Waals surface area contributed by atoms with Gasteiger partial charge in [0.2, 0.25) is 11.8 Å². The number of nitrogens with zero attached hydrogens (tertiary/aromatic N) is 4. The molecule has 10 heteroatoms. The van der Waals surface area contributed by atoms with Crippen molar-refractivity contribution >= 4 is 23.4 Å². The number of carbonyl (C=O) groups is 3. The zero-order valence-corrected chi connectivity index (χ0v) is 26.1. The average molecular weight is 594 g/mol. The minimum absolute atomic E-state index is 0.127. The highest BCUT2D eigenvalue weighted by Gasteiger charge is 2.41. The zero-order chi connectivity index (χ0) is 31.3. The SMILES string of the molecule is CC[C@@H](C)C(=O)N[C@H](C(=O)N1CCC[C@H]1CN(CCc1ccc(F)cc1)C(=O)c1cn2cc(OC)ccc2n1)C(C)(C)C. The van der Waals surface area contributed by atoms with Crippen LogP contribution in [0.1, 0.15) is 69.9 Å². The van der Waals surface area contributed by atoms with Gasteiger partial charge in [0.25, 0.3) is 5.91 Å². The minimum Gasteiger partial charge on any atom is -0.495 e. The summed E-state index contributed by atoms with van der Waals surface area (Å²) in [5.74, 6) is -0.376. The second-order valence-corrected chi connectivity index (χ2v) is 12.5. The molecule has 2 aromatic heterocycles. The van der Waals surface area contributed by atoms with Gasteiger partial charge in [0.1, 0.15) is 28.9 Å². The number of methoxy groups -OCH3 is 1. The number of halogens is 1. The molecule has 3 amide bonds. The summed E-state index contributed by atoms with van der Waals surface area (Å²) < 4.78 is 20.6. The van der Waals surface area contributed by atoms with Crippen LogP contribution in [0.3, 0.4) is 0 Å². The van der Waals surface area contributed by atoms with E-state index in [4.69, 9.17) is 4.74 Å². The van der Waals surface area contributed by atoms with E-state index in [-0.39, 0.29) is 41.2 Å². The summed E-state index contributed by atoms with van der Waals surface area (Å²) in [4.78, 5) is 48.9. The Morgan fingerprint density at radius 3 is 2.51 bits per heavy atom. The molecule has 1 aliphatic heterocycles. The average Bonchev–Trinajstić information content (AvgIpc) is 3.63. The lowest BCUT2D eigenvalue weighted by atomic mass is 9.85. The number of hydrogen-bond donors (Lipinski definition) is 1. The predicted octanol–water partition coefficient (Wildman–Crippen LogP) is 4.73. The number of benzene rings is 1. The highest BCUT2D eigenvalue weighted by Crippen LogP contribution is 2.27. The minimum atomic E-state index is -0.689. The van der Waals surface area contributed by atoms with Crippen molar-refractivity contribution in [2.45, 2.75) is 72.4 Å². The largest absolute Gasteiger partial charge is 0.495 e. The maximum absolute atomic E-state index is 14.0. The van der Waals surface area contributed by atoms with Gasteiger partial charge < -0.3 is 24.3 Å². The Balaban J connectivity index is 1.58. The molecule has 9 nitrogen and oxygen atoms in total. The summed E-state index contributed by atoms with van der Waals surface area (Å²) in [6.07, 6.45) is 6.20. The predicted molar refractivity (Wildman–Crippen MR) is 163 cm³/mol. The fourth-order valence-electron chi connectivity index (χ4n) is 5.40. The Labute approximate surface area is 253 Å². The quantitative estimate of drug-likeness (QED) is 0.347. The Morgan fingerprint density at radius 2 is 1.86 bits per heavy atom. The van der Waals surface area contributed by atoms with Crippen LogP contribution in [-0.2, 0) is 16.0 Å². The molecule has 1 N–H and O–H groups in total. The lowest BCUT2D eigenvalue weighted by Crippen LogP contribution is -2.57. The number of ether oxygens (including phenoxy) is 1. The van der Waals surface area contributed by atoms with E-state index in [0.717, 1.165) is 18.4 Å². The third-order valence-corrected chi connectivity index (χ3v) is 8.30. The van der Waals surface area contributed by atoms with Crippen molar-refractivity contribution in [1.82, 2.24) is 24.5 Å². The summed E-state index contributed by atoms with van der Waals surface area (Å²) >= 11 is 0. The van der Waals surface area contributed by atoms with Crippen LogP contribution in [0.2, 0.25) is 0 Å². The number of carbonyl (C=O) groups excluding carboxylic acids is 3. The van der Waals surface area contributed by atoms with E-state index >= 15 is 0 Å². The van der Waals surface area contributed by atoms with Gasteiger partial charge in [0.05, 0.1) is 13.3 Å². The summed E-state index contributed by atoms with van der Waals surface area (Å²) in [6, 6.07) is 8.93. The van der Waals surface area contributed by atoms with E-state index in [1.54, 1.807) is 53.1 Å². The number of imidazole rings is 1. The molecule has 0 unspecified atom stereocenters. The fourth-order valence-corrected chi connectivity index (χ4v) is 5.40. The summed E-state index contributed by atoms with van der Waals surface area (Å²) in [6.45, 7) is 10.9. The molecular formula is C33H44FN5O4. The molecule has 0 radical (unpaired) electrons. The molecule has 3 heterocycles. The monoisotopic (exact) mass is 593 g/mol. The van der Waals surface area contributed by atoms with Crippen LogP contribution in [0.25, 0.3) is 5.65 Å². The van der Waals surface area contributed by atoms with Crippen LogP contribution >= 0.6 is 0 Å². The van der Waals surface area contributed by atoms with Gasteiger partial charge in [0, 0.05) is 37.8 Å². The Hall–Kier alpha value is -3.95. The molecular weight excluding hydrogens is 549 g/mol. The van der Waals surface area contributed by atoms with Crippen molar-refractivity contribution in [3.05, 3.63) is 65.9 Å². The van der Waals surface area contributed by atoms with Gasteiger partial charge in [-0.1, -0.05) is 46.8 Å². The molecule has 3 atom stereocenters. The molecule has 232 valence electrons. The maximum Gasteiger partial charge on any atom is 0.274 e. The Kier molecular flexibility index (Phi) is 10.1. The first kappa shape index (κ1) is 32.0. The lowest BCUT2D eigenvalue weighted by Gasteiger charge is -2.37. The first-order valence-electron chi connectivity index (χ1n) is 15.1. The molecule has 0 aliphatic carbocycles. The van der Waals surface area contributed by atoms with Crippen LogP contribution in [0.15, 0.2) is 48.8 Å². The Morgan fingerprint density at radius 1 is 1.14 bits per heavy atom.